The highest BCUT2D eigenvalue weighted by Crippen LogP contribution is 2.43. The summed E-state index contributed by atoms with van der Waals surface area (Å²) >= 11 is 0. The zero-order valence-electron chi connectivity index (χ0n) is 21.0. The lowest BCUT2D eigenvalue weighted by Gasteiger charge is -2.23. The molecular weight excluding hydrogens is 486 g/mol. The molecule has 1 saturated heterocycles. The van der Waals surface area contributed by atoms with Gasteiger partial charge < -0.3 is 24.7 Å². The van der Waals surface area contributed by atoms with E-state index < -0.39 is 17.7 Å². The van der Waals surface area contributed by atoms with E-state index in [-0.39, 0.29) is 28.8 Å². The van der Waals surface area contributed by atoms with Crippen LogP contribution in [0.2, 0.25) is 0 Å². The van der Waals surface area contributed by atoms with E-state index in [9.17, 15) is 19.8 Å². The van der Waals surface area contributed by atoms with Crippen LogP contribution in [-0.4, -0.2) is 45.1 Å². The van der Waals surface area contributed by atoms with Crippen LogP contribution in [0, 0.1) is 0 Å². The minimum Gasteiger partial charge on any atom is -0.507 e. The van der Waals surface area contributed by atoms with Gasteiger partial charge in [-0.1, -0.05) is 25.1 Å². The van der Waals surface area contributed by atoms with Gasteiger partial charge in [0.15, 0.2) is 11.5 Å². The van der Waals surface area contributed by atoms with Crippen molar-refractivity contribution in [3.8, 4) is 17.2 Å². The largest absolute Gasteiger partial charge is 0.507 e. The average Bonchev–Trinajstić information content (AvgIpc) is 3.47. The molecule has 9 heteroatoms. The number of aromatic hydroxyl groups is 1. The van der Waals surface area contributed by atoms with Crippen LogP contribution in [0.4, 0.5) is 5.95 Å². The SMILES string of the molecule is CCCOc1ccc(/C(O)=C2\C(=O)C(=O)N(c3nc4ccccc4[nH]3)C2c2ccc(O)c(OCC)c2)cc1. The number of H-pyrrole nitrogens is 1. The summed E-state index contributed by atoms with van der Waals surface area (Å²) in [6.45, 7) is 4.63. The Kier molecular flexibility index (Phi) is 6.74. The summed E-state index contributed by atoms with van der Waals surface area (Å²) in [5.41, 5.74) is 2.00. The fraction of sp³-hybridized carbons (Fsp3) is 0.207. The summed E-state index contributed by atoms with van der Waals surface area (Å²) in [6, 6.07) is 17.4. The van der Waals surface area contributed by atoms with Gasteiger partial charge in [-0.15, -0.1) is 0 Å². The standard InChI is InChI=1S/C29H27N3O6/c1-3-15-38-19-12-9-17(10-13-19)26(34)24-25(18-11-14-22(33)23(16-18)37-4-2)32(28(36)27(24)35)29-30-20-7-5-6-8-21(20)31-29/h5-14,16,25,33-34H,3-4,15H2,1-2H3,(H,30,31)/b26-24+. The molecule has 1 aliphatic heterocycles. The molecule has 3 N–H and O–H groups in total. The first-order valence-electron chi connectivity index (χ1n) is 12.4. The highest BCUT2D eigenvalue weighted by atomic mass is 16.5. The molecule has 0 bridgehead atoms. The van der Waals surface area contributed by atoms with Gasteiger partial charge in [0.1, 0.15) is 11.5 Å². The van der Waals surface area contributed by atoms with Crippen LogP contribution in [0.3, 0.4) is 0 Å². The van der Waals surface area contributed by atoms with E-state index in [1.54, 1.807) is 49.4 Å². The number of Topliss-reactive ketones (excluding diaryl/α,β-unsaturated/α-hetero) is 1. The number of fused-ring (bicyclic) bond motifs is 1. The number of hydrogen-bond acceptors (Lipinski definition) is 7. The summed E-state index contributed by atoms with van der Waals surface area (Å²) < 4.78 is 11.2. The molecule has 38 heavy (non-hydrogen) atoms. The van der Waals surface area contributed by atoms with Gasteiger partial charge in [-0.05, 0) is 67.4 Å². The number of ketones is 1. The Balaban J connectivity index is 1.67. The van der Waals surface area contributed by atoms with Crippen molar-refractivity contribution in [3.05, 3.63) is 83.4 Å². The van der Waals surface area contributed by atoms with Gasteiger partial charge in [0.05, 0.1) is 35.9 Å². The van der Waals surface area contributed by atoms with Gasteiger partial charge in [0.2, 0.25) is 5.95 Å². The topological polar surface area (TPSA) is 125 Å². The van der Waals surface area contributed by atoms with Gasteiger partial charge in [-0.25, -0.2) is 4.98 Å². The van der Waals surface area contributed by atoms with E-state index in [1.807, 2.05) is 25.1 Å². The Hall–Kier alpha value is -4.79. The van der Waals surface area contributed by atoms with Crippen molar-refractivity contribution in [1.29, 1.82) is 0 Å². The van der Waals surface area contributed by atoms with Crippen molar-refractivity contribution in [3.63, 3.8) is 0 Å². The molecule has 1 amide bonds. The van der Waals surface area contributed by atoms with Crippen LogP contribution in [0.15, 0.2) is 72.3 Å². The number of carbonyl (C=O) groups is 2. The second kappa shape index (κ2) is 10.3. The number of phenols is 1. The molecule has 2 heterocycles. The normalized spacial score (nSPS) is 16.8. The van der Waals surface area contributed by atoms with E-state index in [2.05, 4.69) is 9.97 Å². The number of ether oxygens (including phenoxy) is 2. The predicted molar refractivity (Wildman–Crippen MR) is 142 cm³/mol. The molecule has 0 saturated carbocycles. The molecule has 9 nitrogen and oxygen atoms in total. The summed E-state index contributed by atoms with van der Waals surface area (Å²) in [5, 5.41) is 21.6. The lowest BCUT2D eigenvalue weighted by molar-refractivity contribution is -0.132. The number of phenolic OH excluding ortho intramolecular Hbond substituents is 1. The second-order valence-electron chi connectivity index (χ2n) is 8.78. The minimum absolute atomic E-state index is 0.0843. The Morgan fingerprint density at radius 3 is 2.50 bits per heavy atom. The maximum absolute atomic E-state index is 13.4. The summed E-state index contributed by atoms with van der Waals surface area (Å²) in [7, 11) is 0. The summed E-state index contributed by atoms with van der Waals surface area (Å²) in [5.74, 6) is -1.14. The van der Waals surface area contributed by atoms with Crippen LogP contribution >= 0.6 is 0 Å². The van der Waals surface area contributed by atoms with Crippen LogP contribution < -0.4 is 14.4 Å². The van der Waals surface area contributed by atoms with E-state index >= 15 is 0 Å². The number of nitrogens with one attached hydrogen (secondary N) is 1. The highest BCUT2D eigenvalue weighted by Gasteiger charge is 2.48. The fourth-order valence-corrected chi connectivity index (χ4v) is 4.48. The number of aliphatic hydroxyl groups excluding tert-OH is 1. The first-order valence-corrected chi connectivity index (χ1v) is 12.4. The maximum Gasteiger partial charge on any atom is 0.302 e. The summed E-state index contributed by atoms with van der Waals surface area (Å²) in [4.78, 5) is 35.7. The number of benzene rings is 3. The molecule has 0 spiro atoms. The van der Waals surface area contributed by atoms with Crippen molar-refractivity contribution in [2.24, 2.45) is 0 Å². The van der Waals surface area contributed by atoms with E-state index in [0.29, 0.717) is 41.1 Å². The third-order valence-electron chi connectivity index (χ3n) is 6.25. The number of aliphatic hydroxyl groups is 1. The summed E-state index contributed by atoms with van der Waals surface area (Å²) in [6.07, 6.45) is 0.851. The van der Waals surface area contributed by atoms with Gasteiger partial charge in [-0.3, -0.25) is 14.5 Å². The average molecular weight is 514 g/mol. The minimum atomic E-state index is -1.04. The molecule has 1 fully saturated rings. The highest BCUT2D eigenvalue weighted by molar-refractivity contribution is 6.51. The fourth-order valence-electron chi connectivity index (χ4n) is 4.48. The first-order chi connectivity index (χ1) is 18.4. The molecular formula is C29H27N3O6. The Bertz CT molecular complexity index is 1510. The molecule has 4 aromatic rings. The van der Waals surface area contributed by atoms with Crippen molar-refractivity contribution in [1.82, 2.24) is 9.97 Å². The van der Waals surface area contributed by atoms with Crippen LogP contribution in [0.25, 0.3) is 16.8 Å². The Labute approximate surface area is 219 Å². The number of aromatic amines is 1. The number of aromatic nitrogens is 2. The molecule has 0 radical (unpaired) electrons. The third-order valence-corrected chi connectivity index (χ3v) is 6.25. The Morgan fingerprint density at radius 2 is 1.79 bits per heavy atom. The van der Waals surface area contributed by atoms with Gasteiger partial charge in [-0.2, -0.15) is 0 Å². The lowest BCUT2D eigenvalue weighted by atomic mass is 9.95. The van der Waals surface area contributed by atoms with Crippen molar-refractivity contribution < 1.29 is 29.3 Å². The van der Waals surface area contributed by atoms with Gasteiger partial charge >= 0.3 is 5.91 Å². The van der Waals surface area contributed by atoms with E-state index in [1.165, 1.54) is 11.0 Å². The van der Waals surface area contributed by atoms with E-state index in [4.69, 9.17) is 9.47 Å². The van der Waals surface area contributed by atoms with Crippen LogP contribution in [0.1, 0.15) is 37.4 Å². The maximum atomic E-state index is 13.4. The number of imidazole rings is 1. The van der Waals surface area contributed by atoms with Crippen LogP contribution in [-0.2, 0) is 9.59 Å². The predicted octanol–water partition coefficient (Wildman–Crippen LogP) is 5.08. The van der Waals surface area contributed by atoms with Gasteiger partial charge in [0.25, 0.3) is 5.78 Å². The lowest BCUT2D eigenvalue weighted by Crippen LogP contribution is -2.30. The van der Waals surface area contributed by atoms with Crippen molar-refractivity contribution in [2.75, 3.05) is 18.1 Å². The zero-order valence-corrected chi connectivity index (χ0v) is 21.0. The number of amides is 1. The quantitative estimate of drug-likeness (QED) is 0.170. The molecule has 194 valence electrons. The number of nitrogens with zero attached hydrogens (tertiary/aromatic N) is 2. The second-order valence-corrected chi connectivity index (χ2v) is 8.78. The number of rotatable bonds is 8. The number of para-hydroxylation sites is 2. The zero-order chi connectivity index (χ0) is 26.8. The number of carbonyl (C=O) groups excluding carboxylic acids is 2. The Morgan fingerprint density at radius 1 is 1.03 bits per heavy atom. The first kappa shape index (κ1) is 24.9. The molecule has 5 rings (SSSR count). The van der Waals surface area contributed by atoms with E-state index in [0.717, 1.165) is 6.42 Å². The molecule has 0 aliphatic carbocycles. The van der Waals surface area contributed by atoms with Crippen molar-refractivity contribution >= 4 is 34.4 Å². The third kappa shape index (κ3) is 4.43. The van der Waals surface area contributed by atoms with Crippen LogP contribution in [0.5, 0.6) is 17.2 Å². The van der Waals surface area contributed by atoms with Crippen molar-refractivity contribution in [2.45, 2.75) is 26.3 Å². The molecule has 1 unspecified atom stereocenters. The molecule has 1 aromatic heterocycles. The van der Waals surface area contributed by atoms with Gasteiger partial charge in [0, 0.05) is 5.56 Å². The molecule has 3 aromatic carbocycles. The molecule has 1 aliphatic rings. The monoisotopic (exact) mass is 513 g/mol. The molecule has 1 atom stereocenters. The number of anilines is 1. The number of hydrogen-bond donors (Lipinski definition) is 3. The smallest absolute Gasteiger partial charge is 0.302 e.